The van der Waals surface area contributed by atoms with Gasteiger partial charge in [0.25, 0.3) is 0 Å². The van der Waals surface area contributed by atoms with Gasteiger partial charge in [-0.25, -0.2) is 0 Å². The number of carbonyl (C=O) groups is 1. The summed E-state index contributed by atoms with van der Waals surface area (Å²) in [7, 11) is 0. The molecule has 0 bridgehead atoms. The quantitative estimate of drug-likeness (QED) is 0.824. The molecular weight excluding hydrogens is 236 g/mol. The molecule has 3 atom stereocenters. The number of amides is 1. The van der Waals surface area contributed by atoms with Crippen molar-refractivity contribution in [2.45, 2.75) is 65.3 Å². The first-order valence-electron chi connectivity index (χ1n) is 8.11. The van der Waals surface area contributed by atoms with E-state index in [0.717, 1.165) is 44.7 Å². The van der Waals surface area contributed by atoms with E-state index in [-0.39, 0.29) is 5.41 Å². The van der Waals surface area contributed by atoms with E-state index in [1.165, 1.54) is 12.8 Å². The molecule has 1 amide bonds. The SMILES string of the molecule is CCC1(C(=O)NC2CCCC(C)C2C)CCNCC1. The average molecular weight is 266 g/mol. The van der Waals surface area contributed by atoms with Crippen LogP contribution < -0.4 is 10.6 Å². The van der Waals surface area contributed by atoms with E-state index in [1.807, 2.05) is 0 Å². The number of hydrogen-bond donors (Lipinski definition) is 2. The standard InChI is InChI=1S/C16H30N2O/c1-4-16(8-10-17-11-9-16)15(19)18-14-7-5-6-12(2)13(14)3/h12-14,17H,4-11H2,1-3H3,(H,18,19). The largest absolute Gasteiger partial charge is 0.353 e. The van der Waals surface area contributed by atoms with Crippen LogP contribution in [-0.2, 0) is 4.79 Å². The Labute approximate surface area is 117 Å². The zero-order chi connectivity index (χ0) is 13.9. The van der Waals surface area contributed by atoms with Gasteiger partial charge in [-0.05, 0) is 50.6 Å². The molecule has 2 rings (SSSR count). The summed E-state index contributed by atoms with van der Waals surface area (Å²) < 4.78 is 0. The van der Waals surface area contributed by atoms with Crippen LogP contribution in [0.1, 0.15) is 59.3 Å². The van der Waals surface area contributed by atoms with Crippen molar-refractivity contribution in [1.29, 1.82) is 0 Å². The number of hydrogen-bond acceptors (Lipinski definition) is 2. The van der Waals surface area contributed by atoms with Crippen molar-refractivity contribution < 1.29 is 4.79 Å². The van der Waals surface area contributed by atoms with Gasteiger partial charge in [0.15, 0.2) is 0 Å². The van der Waals surface area contributed by atoms with E-state index in [2.05, 4.69) is 31.4 Å². The zero-order valence-corrected chi connectivity index (χ0v) is 12.8. The lowest BCUT2D eigenvalue weighted by atomic mass is 9.74. The lowest BCUT2D eigenvalue weighted by molar-refractivity contribution is -0.134. The molecule has 0 aromatic heterocycles. The van der Waals surface area contributed by atoms with E-state index >= 15 is 0 Å². The molecule has 1 saturated carbocycles. The number of nitrogens with one attached hydrogen (secondary N) is 2. The molecule has 19 heavy (non-hydrogen) atoms. The van der Waals surface area contributed by atoms with Gasteiger partial charge in [0.05, 0.1) is 5.41 Å². The van der Waals surface area contributed by atoms with Crippen molar-refractivity contribution in [3.63, 3.8) is 0 Å². The third kappa shape index (κ3) is 3.13. The van der Waals surface area contributed by atoms with Crippen LogP contribution in [0.25, 0.3) is 0 Å². The Morgan fingerprint density at radius 1 is 1.26 bits per heavy atom. The maximum atomic E-state index is 12.7. The van der Waals surface area contributed by atoms with Gasteiger partial charge in [-0.3, -0.25) is 4.79 Å². The summed E-state index contributed by atoms with van der Waals surface area (Å²) in [6, 6.07) is 0.398. The number of rotatable bonds is 3. The minimum atomic E-state index is -0.106. The van der Waals surface area contributed by atoms with Crippen molar-refractivity contribution in [1.82, 2.24) is 10.6 Å². The molecule has 0 spiro atoms. The summed E-state index contributed by atoms with van der Waals surface area (Å²) >= 11 is 0. The van der Waals surface area contributed by atoms with Crippen LogP contribution in [0.5, 0.6) is 0 Å². The maximum Gasteiger partial charge on any atom is 0.226 e. The fourth-order valence-corrected chi connectivity index (χ4v) is 3.75. The highest BCUT2D eigenvalue weighted by Gasteiger charge is 2.39. The lowest BCUT2D eigenvalue weighted by Crippen LogP contribution is -2.52. The van der Waals surface area contributed by atoms with Crippen LogP contribution in [0.15, 0.2) is 0 Å². The highest BCUT2D eigenvalue weighted by molar-refractivity contribution is 5.83. The molecule has 1 aliphatic carbocycles. The zero-order valence-electron chi connectivity index (χ0n) is 12.8. The molecule has 2 N–H and O–H groups in total. The Balaban J connectivity index is 1.98. The normalized spacial score (nSPS) is 34.8. The first-order chi connectivity index (χ1) is 9.09. The lowest BCUT2D eigenvalue weighted by Gasteiger charge is -2.40. The molecule has 3 nitrogen and oxygen atoms in total. The number of piperidine rings is 1. The average Bonchev–Trinajstić information content (AvgIpc) is 2.44. The summed E-state index contributed by atoms with van der Waals surface area (Å²) in [6.45, 7) is 8.76. The molecule has 1 heterocycles. The van der Waals surface area contributed by atoms with Gasteiger partial charge in [-0.15, -0.1) is 0 Å². The number of carbonyl (C=O) groups excluding carboxylic acids is 1. The molecular formula is C16H30N2O. The first-order valence-corrected chi connectivity index (χ1v) is 8.11. The van der Waals surface area contributed by atoms with Crippen molar-refractivity contribution >= 4 is 5.91 Å². The van der Waals surface area contributed by atoms with Gasteiger partial charge in [0.1, 0.15) is 0 Å². The van der Waals surface area contributed by atoms with Crippen LogP contribution in [0.2, 0.25) is 0 Å². The van der Waals surface area contributed by atoms with Gasteiger partial charge in [-0.1, -0.05) is 33.6 Å². The summed E-state index contributed by atoms with van der Waals surface area (Å²) in [5, 5.41) is 6.76. The van der Waals surface area contributed by atoms with Crippen LogP contribution in [0.4, 0.5) is 0 Å². The van der Waals surface area contributed by atoms with Crippen LogP contribution in [-0.4, -0.2) is 25.0 Å². The van der Waals surface area contributed by atoms with Gasteiger partial charge < -0.3 is 10.6 Å². The van der Waals surface area contributed by atoms with E-state index in [0.29, 0.717) is 17.9 Å². The molecule has 110 valence electrons. The predicted molar refractivity (Wildman–Crippen MR) is 78.9 cm³/mol. The molecule has 0 aromatic rings. The Bertz CT molecular complexity index is 310. The van der Waals surface area contributed by atoms with Crippen molar-refractivity contribution in [2.24, 2.45) is 17.3 Å². The van der Waals surface area contributed by atoms with Gasteiger partial charge >= 0.3 is 0 Å². The van der Waals surface area contributed by atoms with Crippen molar-refractivity contribution in [3.8, 4) is 0 Å². The van der Waals surface area contributed by atoms with Crippen LogP contribution >= 0.6 is 0 Å². The summed E-state index contributed by atoms with van der Waals surface area (Å²) in [6.07, 6.45) is 6.69. The monoisotopic (exact) mass is 266 g/mol. The molecule has 0 aromatic carbocycles. The molecule has 3 heteroatoms. The van der Waals surface area contributed by atoms with E-state index < -0.39 is 0 Å². The van der Waals surface area contributed by atoms with E-state index in [4.69, 9.17) is 0 Å². The third-order valence-electron chi connectivity index (χ3n) is 5.74. The Morgan fingerprint density at radius 2 is 1.95 bits per heavy atom. The van der Waals surface area contributed by atoms with Gasteiger partial charge in [0, 0.05) is 6.04 Å². The summed E-state index contributed by atoms with van der Waals surface area (Å²) in [5.74, 6) is 1.68. The minimum Gasteiger partial charge on any atom is -0.353 e. The molecule has 3 unspecified atom stereocenters. The maximum absolute atomic E-state index is 12.7. The highest BCUT2D eigenvalue weighted by Crippen LogP contribution is 2.35. The van der Waals surface area contributed by atoms with Crippen molar-refractivity contribution in [3.05, 3.63) is 0 Å². The third-order valence-corrected chi connectivity index (χ3v) is 5.74. The van der Waals surface area contributed by atoms with Gasteiger partial charge in [0.2, 0.25) is 5.91 Å². The molecule has 2 aliphatic rings. The fraction of sp³-hybridized carbons (Fsp3) is 0.938. The van der Waals surface area contributed by atoms with Crippen molar-refractivity contribution in [2.75, 3.05) is 13.1 Å². The second-order valence-electron chi connectivity index (χ2n) is 6.73. The smallest absolute Gasteiger partial charge is 0.226 e. The Morgan fingerprint density at radius 3 is 2.58 bits per heavy atom. The highest BCUT2D eigenvalue weighted by atomic mass is 16.2. The topological polar surface area (TPSA) is 41.1 Å². The van der Waals surface area contributed by atoms with Crippen LogP contribution in [0.3, 0.4) is 0 Å². The van der Waals surface area contributed by atoms with E-state index in [9.17, 15) is 4.79 Å². The summed E-state index contributed by atoms with van der Waals surface area (Å²) in [4.78, 5) is 12.7. The van der Waals surface area contributed by atoms with Gasteiger partial charge in [-0.2, -0.15) is 0 Å². The molecule has 0 radical (unpaired) electrons. The second kappa shape index (κ2) is 6.25. The predicted octanol–water partition coefficient (Wildman–Crippen LogP) is 2.71. The first kappa shape index (κ1) is 14.8. The minimum absolute atomic E-state index is 0.106. The molecule has 2 fully saturated rings. The van der Waals surface area contributed by atoms with E-state index in [1.54, 1.807) is 0 Å². The second-order valence-corrected chi connectivity index (χ2v) is 6.73. The molecule has 1 aliphatic heterocycles. The molecule has 1 saturated heterocycles. The van der Waals surface area contributed by atoms with Crippen LogP contribution in [0, 0.1) is 17.3 Å². The summed E-state index contributed by atoms with van der Waals surface area (Å²) in [5.41, 5.74) is -0.106. The Kier molecular flexibility index (Phi) is 4.88. The Hall–Kier alpha value is -0.570. The fourth-order valence-electron chi connectivity index (χ4n) is 3.75.